The van der Waals surface area contributed by atoms with E-state index in [1.807, 2.05) is 0 Å². The van der Waals surface area contributed by atoms with Crippen LogP contribution in [0.25, 0.3) is 17.0 Å². The molecule has 0 saturated carbocycles. The molecule has 0 bridgehead atoms. The highest BCUT2D eigenvalue weighted by Crippen LogP contribution is 2.32. The van der Waals surface area contributed by atoms with Gasteiger partial charge in [0.2, 0.25) is 6.20 Å². The van der Waals surface area contributed by atoms with E-state index in [2.05, 4.69) is 4.98 Å². The highest BCUT2D eigenvalue weighted by molar-refractivity contribution is 5.94. The van der Waals surface area contributed by atoms with Crippen LogP contribution < -0.4 is 9.47 Å². The van der Waals surface area contributed by atoms with Crippen molar-refractivity contribution < 1.29 is 14.4 Å². The van der Waals surface area contributed by atoms with Crippen molar-refractivity contribution in [1.29, 1.82) is 0 Å². The third-order valence-corrected chi connectivity index (χ3v) is 2.59. The molecule has 0 aliphatic heterocycles. The molecular formula is C12H12N2O4. The maximum atomic E-state index is 10.3. The van der Waals surface area contributed by atoms with E-state index in [1.54, 1.807) is 32.5 Å². The van der Waals surface area contributed by atoms with Crippen LogP contribution in [0.5, 0.6) is 11.5 Å². The predicted octanol–water partition coefficient (Wildman–Crippen LogP) is 2.43. The number of aromatic nitrogens is 1. The summed E-state index contributed by atoms with van der Waals surface area (Å²) in [5.41, 5.74) is 1.49. The topological polar surface area (TPSA) is 77.4 Å². The summed E-state index contributed by atoms with van der Waals surface area (Å²) >= 11 is 0. The van der Waals surface area contributed by atoms with Crippen LogP contribution >= 0.6 is 0 Å². The van der Waals surface area contributed by atoms with E-state index in [9.17, 15) is 10.1 Å². The summed E-state index contributed by atoms with van der Waals surface area (Å²) in [6, 6.07) is 3.55. The molecule has 1 N–H and O–H groups in total. The summed E-state index contributed by atoms with van der Waals surface area (Å²) in [7, 11) is 3.11. The van der Waals surface area contributed by atoms with Crippen LogP contribution in [0.4, 0.5) is 0 Å². The maximum absolute atomic E-state index is 10.3. The zero-order valence-corrected chi connectivity index (χ0v) is 9.97. The van der Waals surface area contributed by atoms with Crippen molar-refractivity contribution in [2.24, 2.45) is 0 Å². The van der Waals surface area contributed by atoms with Crippen LogP contribution in [0.15, 0.2) is 24.5 Å². The van der Waals surface area contributed by atoms with E-state index in [0.29, 0.717) is 17.1 Å². The Morgan fingerprint density at radius 2 is 2.11 bits per heavy atom. The van der Waals surface area contributed by atoms with Gasteiger partial charge in [-0.05, 0) is 6.07 Å². The van der Waals surface area contributed by atoms with E-state index >= 15 is 0 Å². The second-order valence-electron chi connectivity index (χ2n) is 3.60. The first kappa shape index (κ1) is 12.0. The smallest absolute Gasteiger partial charge is 0.235 e. The second kappa shape index (κ2) is 4.79. The number of methoxy groups -OCH3 is 2. The van der Waals surface area contributed by atoms with E-state index in [4.69, 9.17) is 9.47 Å². The predicted molar refractivity (Wildman–Crippen MR) is 67.4 cm³/mol. The molecule has 1 heterocycles. The molecule has 0 aliphatic rings. The molecule has 1 aromatic heterocycles. The Morgan fingerprint density at radius 3 is 2.72 bits per heavy atom. The number of nitrogens with one attached hydrogen (secondary N) is 1. The fraction of sp³-hybridized carbons (Fsp3) is 0.167. The van der Waals surface area contributed by atoms with Gasteiger partial charge in [0.1, 0.15) is 11.5 Å². The van der Waals surface area contributed by atoms with Gasteiger partial charge in [-0.1, -0.05) is 0 Å². The summed E-state index contributed by atoms with van der Waals surface area (Å²) in [6.07, 6.45) is 4.01. The summed E-state index contributed by atoms with van der Waals surface area (Å²) in [4.78, 5) is 12.9. The molecular weight excluding hydrogens is 236 g/mol. The lowest BCUT2D eigenvalue weighted by Gasteiger charge is -2.05. The Morgan fingerprint density at radius 1 is 1.33 bits per heavy atom. The Balaban J connectivity index is 2.60. The number of fused-ring (bicyclic) bond motifs is 1. The molecule has 0 spiro atoms. The van der Waals surface area contributed by atoms with Crippen molar-refractivity contribution in [3.05, 3.63) is 40.2 Å². The fourth-order valence-corrected chi connectivity index (χ4v) is 1.75. The first-order valence-electron chi connectivity index (χ1n) is 5.20. The molecule has 6 heteroatoms. The standard InChI is InChI=1S/C12H12N2O4/c1-17-9-5-10-8(3-4-14(15)16)7-13-12(10)11(6-9)18-2/h3-7,13H,1-2H3/b4-3+. The third kappa shape index (κ3) is 2.13. The van der Waals surface area contributed by atoms with Crippen molar-refractivity contribution in [3.63, 3.8) is 0 Å². The van der Waals surface area contributed by atoms with Crippen molar-refractivity contribution in [3.8, 4) is 11.5 Å². The molecule has 0 saturated heterocycles. The number of rotatable bonds is 4. The Hall–Kier alpha value is -2.50. The van der Waals surface area contributed by atoms with Gasteiger partial charge in [-0.25, -0.2) is 0 Å². The normalized spacial score (nSPS) is 11.0. The fourth-order valence-electron chi connectivity index (χ4n) is 1.75. The largest absolute Gasteiger partial charge is 0.497 e. The van der Waals surface area contributed by atoms with Crippen LogP contribution in [-0.2, 0) is 0 Å². The summed E-state index contributed by atoms with van der Waals surface area (Å²) < 4.78 is 10.4. The number of benzene rings is 1. The van der Waals surface area contributed by atoms with Gasteiger partial charge in [0.25, 0.3) is 0 Å². The monoisotopic (exact) mass is 248 g/mol. The van der Waals surface area contributed by atoms with Crippen molar-refractivity contribution in [2.75, 3.05) is 14.2 Å². The lowest BCUT2D eigenvalue weighted by molar-refractivity contribution is -0.400. The molecule has 0 fully saturated rings. The minimum absolute atomic E-state index is 0.504. The van der Waals surface area contributed by atoms with E-state index in [1.165, 1.54) is 6.08 Å². The Kier molecular flexibility index (Phi) is 3.18. The summed E-state index contributed by atoms with van der Waals surface area (Å²) in [5, 5.41) is 11.1. The summed E-state index contributed by atoms with van der Waals surface area (Å²) in [6.45, 7) is 0. The molecule has 0 amide bonds. The van der Waals surface area contributed by atoms with Gasteiger partial charge in [-0.2, -0.15) is 0 Å². The van der Waals surface area contributed by atoms with Crippen LogP contribution in [0.1, 0.15) is 5.56 Å². The van der Waals surface area contributed by atoms with E-state index in [-0.39, 0.29) is 0 Å². The van der Waals surface area contributed by atoms with E-state index < -0.39 is 4.92 Å². The van der Waals surface area contributed by atoms with Gasteiger partial charge in [-0.3, -0.25) is 10.1 Å². The first-order valence-corrected chi connectivity index (χ1v) is 5.20. The molecule has 1 aromatic carbocycles. The zero-order chi connectivity index (χ0) is 13.1. The molecule has 0 atom stereocenters. The highest BCUT2D eigenvalue weighted by Gasteiger charge is 2.10. The zero-order valence-electron chi connectivity index (χ0n) is 9.97. The molecule has 18 heavy (non-hydrogen) atoms. The average molecular weight is 248 g/mol. The average Bonchev–Trinajstić information content (AvgIpc) is 2.78. The SMILES string of the molecule is COc1cc(OC)c2[nH]cc(/C=C/[N+](=O)[O-])c2c1. The Labute approximate surface area is 103 Å². The van der Waals surface area contributed by atoms with Gasteiger partial charge in [0, 0.05) is 29.3 Å². The number of nitrogens with zero attached hydrogens (tertiary/aromatic N) is 1. The van der Waals surface area contributed by atoms with Crippen LogP contribution in [-0.4, -0.2) is 24.1 Å². The number of hydrogen-bond donors (Lipinski definition) is 1. The van der Waals surface area contributed by atoms with Crippen LogP contribution in [0, 0.1) is 10.1 Å². The van der Waals surface area contributed by atoms with Gasteiger partial charge in [0.15, 0.2) is 0 Å². The Bertz CT molecular complexity index is 616. The van der Waals surface area contributed by atoms with Gasteiger partial charge >= 0.3 is 0 Å². The maximum Gasteiger partial charge on any atom is 0.235 e. The number of nitro groups is 1. The molecule has 0 radical (unpaired) electrons. The number of H-pyrrole nitrogens is 1. The van der Waals surface area contributed by atoms with Crippen molar-refractivity contribution in [2.45, 2.75) is 0 Å². The van der Waals surface area contributed by atoms with E-state index in [0.717, 1.165) is 17.1 Å². The minimum atomic E-state index is -0.504. The lowest BCUT2D eigenvalue weighted by Crippen LogP contribution is -1.88. The highest BCUT2D eigenvalue weighted by atomic mass is 16.6. The van der Waals surface area contributed by atoms with Crippen molar-refractivity contribution >= 4 is 17.0 Å². The third-order valence-electron chi connectivity index (χ3n) is 2.59. The van der Waals surface area contributed by atoms with Crippen LogP contribution in [0.2, 0.25) is 0 Å². The quantitative estimate of drug-likeness (QED) is 0.665. The first-order chi connectivity index (χ1) is 8.65. The minimum Gasteiger partial charge on any atom is -0.497 e. The summed E-state index contributed by atoms with van der Waals surface area (Å²) in [5.74, 6) is 1.26. The number of hydrogen-bond acceptors (Lipinski definition) is 4. The number of ether oxygens (including phenoxy) is 2. The molecule has 6 nitrogen and oxygen atoms in total. The van der Waals surface area contributed by atoms with Crippen LogP contribution in [0.3, 0.4) is 0 Å². The van der Waals surface area contributed by atoms with Gasteiger partial charge in [0.05, 0.1) is 24.7 Å². The van der Waals surface area contributed by atoms with Gasteiger partial charge in [-0.15, -0.1) is 0 Å². The molecule has 0 unspecified atom stereocenters. The van der Waals surface area contributed by atoms with Gasteiger partial charge < -0.3 is 14.5 Å². The molecule has 2 rings (SSSR count). The molecule has 94 valence electrons. The number of aromatic amines is 1. The van der Waals surface area contributed by atoms with Crippen molar-refractivity contribution in [1.82, 2.24) is 4.98 Å². The molecule has 2 aromatic rings. The second-order valence-corrected chi connectivity index (χ2v) is 3.60. The molecule has 0 aliphatic carbocycles. The lowest BCUT2D eigenvalue weighted by atomic mass is 10.1.